The number of benzene rings is 2. The van der Waals surface area contributed by atoms with Crippen molar-refractivity contribution in [1.82, 2.24) is 25.3 Å². The Morgan fingerprint density at radius 1 is 1.16 bits per heavy atom. The molecule has 2 aromatic heterocycles. The Labute approximate surface area is 194 Å². The van der Waals surface area contributed by atoms with E-state index in [1.807, 2.05) is 26.0 Å². The minimum absolute atomic E-state index is 0.351. The van der Waals surface area contributed by atoms with Gasteiger partial charge in [-0.3, -0.25) is 9.78 Å². The molecule has 9 heteroatoms. The van der Waals surface area contributed by atoms with Gasteiger partial charge in [0.25, 0.3) is 0 Å². The highest BCUT2D eigenvalue weighted by Crippen LogP contribution is 2.36. The quantitative estimate of drug-likeness (QED) is 0.348. The Kier molecular flexibility index (Phi) is 8.15. The predicted octanol–water partition coefficient (Wildman–Crippen LogP) is 5.68. The molecule has 2 radical (unpaired) electrons. The van der Waals surface area contributed by atoms with Gasteiger partial charge in [0, 0.05) is 24.3 Å². The van der Waals surface area contributed by atoms with E-state index >= 15 is 0 Å². The lowest BCUT2D eigenvalue weighted by Crippen LogP contribution is -2.26. The second-order valence-corrected chi connectivity index (χ2v) is 7.75. The molecule has 4 aromatic rings. The van der Waals surface area contributed by atoms with E-state index in [0.29, 0.717) is 28.0 Å². The molecule has 0 saturated carbocycles. The topological polar surface area (TPSA) is 70.6 Å². The zero-order chi connectivity index (χ0) is 23.3. The molecule has 0 amide bonds. The standard InChI is InChI=1S/C20H20ClFN6.C2H6.CH3B/c1-28-10-13-6-14(9-16(22)19(13)27-28)24-20-18-15(21)7-12(8-17(18)25-26-20)11-2-4-23-5-3-11;2*1-2/h6-11,23H,2-5H2,1H3,(H2,24,25,26);1-2H3;1H3. The third-order valence-electron chi connectivity index (χ3n) is 5.39. The van der Waals surface area contributed by atoms with Gasteiger partial charge in [-0.1, -0.05) is 32.3 Å². The summed E-state index contributed by atoms with van der Waals surface area (Å²) in [5.41, 5.74) is 3.07. The number of halogens is 2. The molecular formula is C23H29BClFN6. The van der Waals surface area contributed by atoms with Crippen LogP contribution < -0.4 is 10.6 Å². The number of aromatic nitrogens is 4. The first-order valence-electron chi connectivity index (χ1n) is 10.9. The maximum atomic E-state index is 14.4. The summed E-state index contributed by atoms with van der Waals surface area (Å²) in [7, 11) is 6.27. The molecule has 168 valence electrons. The van der Waals surface area contributed by atoms with Crippen LogP contribution in [-0.2, 0) is 7.05 Å². The Bertz CT molecular complexity index is 1180. The number of H-pyrrole nitrogens is 1. The molecule has 3 heterocycles. The van der Waals surface area contributed by atoms with Gasteiger partial charge >= 0.3 is 0 Å². The van der Waals surface area contributed by atoms with E-state index in [4.69, 9.17) is 11.6 Å². The molecule has 0 unspecified atom stereocenters. The molecule has 3 N–H and O–H groups in total. The summed E-state index contributed by atoms with van der Waals surface area (Å²) in [6.45, 7) is 7.55. The van der Waals surface area contributed by atoms with Crippen LogP contribution in [0.25, 0.3) is 21.8 Å². The van der Waals surface area contributed by atoms with Crippen molar-refractivity contribution >= 4 is 52.8 Å². The first kappa shape index (κ1) is 24.1. The molecule has 0 bridgehead atoms. The number of rotatable bonds is 3. The van der Waals surface area contributed by atoms with Crippen molar-refractivity contribution < 1.29 is 4.39 Å². The normalized spacial score (nSPS) is 13.9. The van der Waals surface area contributed by atoms with Crippen molar-refractivity contribution in [3.8, 4) is 0 Å². The van der Waals surface area contributed by atoms with Gasteiger partial charge in [-0.25, -0.2) is 4.39 Å². The number of nitrogens with zero attached hydrogens (tertiary/aromatic N) is 3. The summed E-state index contributed by atoms with van der Waals surface area (Å²) in [4.78, 5) is 0. The highest BCUT2D eigenvalue weighted by Gasteiger charge is 2.19. The number of hydrogen-bond acceptors (Lipinski definition) is 4. The summed E-state index contributed by atoms with van der Waals surface area (Å²) >= 11 is 6.62. The van der Waals surface area contributed by atoms with E-state index in [9.17, 15) is 4.39 Å². The van der Waals surface area contributed by atoms with Crippen LogP contribution >= 0.6 is 11.6 Å². The number of hydrogen-bond donors (Lipinski definition) is 3. The van der Waals surface area contributed by atoms with Gasteiger partial charge in [0.15, 0.2) is 11.6 Å². The number of aryl methyl sites for hydroxylation is 1. The van der Waals surface area contributed by atoms with Crippen LogP contribution in [0.4, 0.5) is 15.9 Å². The predicted molar refractivity (Wildman–Crippen MR) is 133 cm³/mol. The van der Waals surface area contributed by atoms with Crippen LogP contribution in [0.1, 0.15) is 38.2 Å². The van der Waals surface area contributed by atoms with Gasteiger partial charge in [0.1, 0.15) is 5.52 Å². The average molecular weight is 455 g/mol. The molecule has 1 aliphatic heterocycles. The minimum atomic E-state index is -0.375. The Hall–Kier alpha value is -2.58. The van der Waals surface area contributed by atoms with E-state index < -0.39 is 0 Å². The van der Waals surface area contributed by atoms with E-state index in [1.165, 1.54) is 18.5 Å². The highest BCUT2D eigenvalue weighted by atomic mass is 35.5. The first-order chi connectivity index (χ1) is 15.6. The molecule has 32 heavy (non-hydrogen) atoms. The molecule has 0 atom stereocenters. The summed E-state index contributed by atoms with van der Waals surface area (Å²) in [5, 5.41) is 20.3. The van der Waals surface area contributed by atoms with Crippen LogP contribution in [0.2, 0.25) is 11.8 Å². The van der Waals surface area contributed by atoms with Gasteiger partial charge in [0.05, 0.1) is 23.8 Å². The van der Waals surface area contributed by atoms with Gasteiger partial charge in [-0.05, 0) is 61.7 Å². The van der Waals surface area contributed by atoms with E-state index in [2.05, 4.69) is 39.8 Å². The molecule has 2 aromatic carbocycles. The molecule has 6 nitrogen and oxygen atoms in total. The first-order valence-corrected chi connectivity index (χ1v) is 11.3. The highest BCUT2D eigenvalue weighted by molar-refractivity contribution is 6.36. The second kappa shape index (κ2) is 10.8. The van der Waals surface area contributed by atoms with Crippen molar-refractivity contribution in [1.29, 1.82) is 0 Å². The summed E-state index contributed by atoms with van der Waals surface area (Å²) < 4.78 is 16.0. The Balaban J connectivity index is 0.000000686. The largest absolute Gasteiger partial charge is 0.338 e. The fraction of sp³-hybridized carbons (Fsp3) is 0.391. The molecule has 1 fully saturated rings. The number of anilines is 2. The van der Waals surface area contributed by atoms with Crippen molar-refractivity contribution in [3.05, 3.63) is 46.9 Å². The minimum Gasteiger partial charge on any atom is -0.338 e. The van der Waals surface area contributed by atoms with Crippen molar-refractivity contribution in [2.45, 2.75) is 39.4 Å². The lowest BCUT2D eigenvalue weighted by Gasteiger charge is -2.23. The fourth-order valence-electron chi connectivity index (χ4n) is 4.03. The van der Waals surface area contributed by atoms with E-state index in [0.717, 1.165) is 42.2 Å². The number of piperidine rings is 1. The smallest absolute Gasteiger partial charge is 0.161 e. The van der Waals surface area contributed by atoms with E-state index in [1.54, 1.807) is 17.9 Å². The molecule has 1 aliphatic rings. The molecule has 5 rings (SSSR count). The van der Waals surface area contributed by atoms with Gasteiger partial charge in [0.2, 0.25) is 0 Å². The third-order valence-corrected chi connectivity index (χ3v) is 5.69. The molecule has 1 saturated heterocycles. The third kappa shape index (κ3) is 4.91. The van der Waals surface area contributed by atoms with Crippen LogP contribution in [0.15, 0.2) is 30.5 Å². The number of nitrogens with one attached hydrogen (secondary N) is 3. The lowest BCUT2D eigenvalue weighted by molar-refractivity contribution is 0.460. The number of fused-ring (bicyclic) bond motifs is 2. The van der Waals surface area contributed by atoms with Crippen molar-refractivity contribution in [3.63, 3.8) is 0 Å². The number of aromatic amines is 1. The van der Waals surface area contributed by atoms with Crippen LogP contribution in [0.5, 0.6) is 0 Å². The molecule has 0 aliphatic carbocycles. The van der Waals surface area contributed by atoms with Crippen molar-refractivity contribution in [2.24, 2.45) is 7.05 Å². The molecular weight excluding hydrogens is 426 g/mol. The lowest BCUT2D eigenvalue weighted by atomic mass is 9.90. The zero-order valence-electron chi connectivity index (χ0n) is 19.0. The van der Waals surface area contributed by atoms with Crippen molar-refractivity contribution in [2.75, 3.05) is 18.4 Å². The SMILES string of the molecule is CC.Cn1cc2cc(Nc3n[nH]c4cc(C5CCNCC5)cc(Cl)c34)cc(F)c2n1.[B]C. The average Bonchev–Trinajstić information content (AvgIpc) is 3.40. The summed E-state index contributed by atoms with van der Waals surface area (Å²) in [5.74, 6) is 0.712. The maximum Gasteiger partial charge on any atom is 0.161 e. The monoisotopic (exact) mass is 454 g/mol. The fourth-order valence-corrected chi connectivity index (χ4v) is 4.35. The van der Waals surface area contributed by atoms with Gasteiger partial charge in [-0.15, -0.1) is 0 Å². The van der Waals surface area contributed by atoms with Crippen LogP contribution in [0, 0.1) is 5.82 Å². The summed E-state index contributed by atoms with van der Waals surface area (Å²) in [6, 6.07) is 7.43. The van der Waals surface area contributed by atoms with Crippen LogP contribution in [0.3, 0.4) is 0 Å². The van der Waals surface area contributed by atoms with Gasteiger partial charge < -0.3 is 10.6 Å². The zero-order valence-corrected chi connectivity index (χ0v) is 19.7. The van der Waals surface area contributed by atoms with Crippen LogP contribution in [-0.4, -0.2) is 40.9 Å². The summed E-state index contributed by atoms with van der Waals surface area (Å²) in [6.07, 6.45) is 3.99. The maximum absolute atomic E-state index is 14.4. The Morgan fingerprint density at radius 3 is 2.59 bits per heavy atom. The second-order valence-electron chi connectivity index (χ2n) is 7.35. The van der Waals surface area contributed by atoms with Gasteiger partial charge in [-0.2, -0.15) is 10.2 Å². The molecule has 0 spiro atoms. The van der Waals surface area contributed by atoms with E-state index in [-0.39, 0.29) is 5.82 Å². The Morgan fingerprint density at radius 2 is 1.88 bits per heavy atom.